The van der Waals surface area contributed by atoms with Gasteiger partial charge in [0, 0.05) is 17.9 Å². The summed E-state index contributed by atoms with van der Waals surface area (Å²) in [6.07, 6.45) is 17.5. The SMILES string of the molecule is COc1ccc(/C=C2\SC3C=CC=CC3=[N+](CC(=O)NCCCSC3CCCCC3)C2=O)cc1. The number of fused-ring (bicyclic) bond motifs is 1. The van der Waals surface area contributed by atoms with E-state index >= 15 is 0 Å². The van der Waals surface area contributed by atoms with Gasteiger partial charge in [0.2, 0.25) is 12.3 Å². The molecule has 1 heterocycles. The minimum Gasteiger partial charge on any atom is -0.497 e. The van der Waals surface area contributed by atoms with Crippen molar-refractivity contribution in [2.45, 2.75) is 49.0 Å². The number of allylic oxidation sites excluding steroid dienone is 3. The number of rotatable bonds is 9. The van der Waals surface area contributed by atoms with Gasteiger partial charge in [0.1, 0.15) is 15.9 Å². The Morgan fingerprint density at radius 2 is 2.00 bits per heavy atom. The highest BCUT2D eigenvalue weighted by Gasteiger charge is 2.39. The second-order valence-corrected chi connectivity index (χ2v) is 11.3. The first-order chi connectivity index (χ1) is 16.6. The molecule has 0 bridgehead atoms. The van der Waals surface area contributed by atoms with E-state index in [2.05, 4.69) is 11.4 Å². The maximum absolute atomic E-state index is 13.3. The molecule has 1 saturated carbocycles. The van der Waals surface area contributed by atoms with Gasteiger partial charge in [-0.2, -0.15) is 11.8 Å². The molecule has 34 heavy (non-hydrogen) atoms. The summed E-state index contributed by atoms with van der Waals surface area (Å²) < 4.78 is 6.85. The van der Waals surface area contributed by atoms with Crippen LogP contribution in [0.3, 0.4) is 0 Å². The minimum absolute atomic E-state index is 0.0203. The lowest BCUT2D eigenvalue weighted by Gasteiger charge is -2.21. The smallest absolute Gasteiger partial charge is 0.426 e. The normalized spacial score (nSPS) is 21.6. The molecule has 3 aliphatic rings. The predicted molar refractivity (Wildman–Crippen MR) is 143 cm³/mol. The molecule has 4 rings (SSSR count). The van der Waals surface area contributed by atoms with Crippen LogP contribution in [0.4, 0.5) is 0 Å². The lowest BCUT2D eigenvalue weighted by Crippen LogP contribution is -2.43. The molecular weight excluding hydrogens is 464 g/mol. The Bertz CT molecular complexity index is 1010. The van der Waals surface area contributed by atoms with Crippen LogP contribution in [0.2, 0.25) is 0 Å². The van der Waals surface area contributed by atoms with Crippen molar-refractivity contribution in [1.82, 2.24) is 5.32 Å². The summed E-state index contributed by atoms with van der Waals surface area (Å²) >= 11 is 3.57. The van der Waals surface area contributed by atoms with E-state index in [9.17, 15) is 9.59 Å². The number of nitrogens with one attached hydrogen (secondary N) is 1. The molecule has 2 aliphatic carbocycles. The maximum atomic E-state index is 13.3. The van der Waals surface area contributed by atoms with Gasteiger partial charge in [-0.25, -0.2) is 4.79 Å². The highest BCUT2D eigenvalue weighted by Crippen LogP contribution is 2.33. The van der Waals surface area contributed by atoms with Gasteiger partial charge in [-0.15, -0.1) is 4.58 Å². The first-order valence-electron chi connectivity index (χ1n) is 12.1. The summed E-state index contributed by atoms with van der Waals surface area (Å²) in [6.45, 7) is 0.692. The van der Waals surface area contributed by atoms with Crippen molar-refractivity contribution in [2.24, 2.45) is 0 Å². The second-order valence-electron chi connectivity index (χ2n) is 8.71. The van der Waals surface area contributed by atoms with E-state index in [4.69, 9.17) is 4.74 Å². The van der Waals surface area contributed by atoms with Gasteiger partial charge in [-0.3, -0.25) is 4.79 Å². The molecule has 1 atom stereocenters. The van der Waals surface area contributed by atoms with Gasteiger partial charge >= 0.3 is 5.91 Å². The zero-order chi connectivity index (χ0) is 23.8. The average Bonchev–Trinajstić information content (AvgIpc) is 2.87. The minimum atomic E-state index is -0.130. The summed E-state index contributed by atoms with van der Waals surface area (Å²) in [6, 6.07) is 7.61. The first-order valence-corrected chi connectivity index (χ1v) is 14.0. The van der Waals surface area contributed by atoms with E-state index in [1.165, 1.54) is 43.9 Å². The monoisotopic (exact) mass is 497 g/mol. The number of thioether (sulfide) groups is 2. The Kier molecular flexibility index (Phi) is 9.11. The summed E-state index contributed by atoms with van der Waals surface area (Å²) in [4.78, 5) is 26.7. The van der Waals surface area contributed by atoms with Gasteiger partial charge in [-0.05, 0) is 48.8 Å². The fraction of sp³-hybridized carbons (Fsp3) is 0.444. The van der Waals surface area contributed by atoms with Crippen molar-refractivity contribution in [3.63, 3.8) is 0 Å². The van der Waals surface area contributed by atoms with Crippen LogP contribution in [-0.2, 0) is 9.59 Å². The quantitative estimate of drug-likeness (QED) is 0.301. The molecule has 0 radical (unpaired) electrons. The molecule has 7 heteroatoms. The second kappa shape index (κ2) is 12.5. The Morgan fingerprint density at radius 3 is 2.76 bits per heavy atom. The molecule has 1 aromatic carbocycles. The van der Waals surface area contributed by atoms with Gasteiger partial charge in [0.15, 0.2) is 0 Å². The van der Waals surface area contributed by atoms with Crippen molar-refractivity contribution >= 4 is 47.1 Å². The van der Waals surface area contributed by atoms with Crippen LogP contribution in [0.1, 0.15) is 44.1 Å². The standard InChI is InChI=1S/C27H32N2O3S2/c1-32-21-14-12-20(13-15-21)18-25-27(31)29(23-10-5-6-11-24(23)34-25)19-26(30)28-16-7-17-33-22-8-3-2-4-9-22/h5-6,10-15,18,22,24H,2-4,7-9,16-17,19H2,1H3/p+1/b25-18-. The van der Waals surface area contributed by atoms with Crippen molar-refractivity contribution < 1.29 is 18.9 Å². The molecule has 1 N–H and O–H groups in total. The predicted octanol–water partition coefficient (Wildman–Crippen LogP) is 4.83. The summed E-state index contributed by atoms with van der Waals surface area (Å²) in [5.41, 5.74) is 1.79. The number of ether oxygens (including phenoxy) is 1. The van der Waals surface area contributed by atoms with Crippen molar-refractivity contribution in [2.75, 3.05) is 26.0 Å². The third kappa shape index (κ3) is 6.66. The molecule has 0 spiro atoms. The van der Waals surface area contributed by atoms with Crippen molar-refractivity contribution in [3.05, 3.63) is 59.0 Å². The topological polar surface area (TPSA) is 58.4 Å². The van der Waals surface area contributed by atoms with Crippen LogP contribution in [0, 0.1) is 0 Å². The Hall–Kier alpha value is -2.25. The molecule has 180 valence electrons. The third-order valence-corrected chi connectivity index (χ3v) is 8.91. The maximum Gasteiger partial charge on any atom is 0.426 e. The number of carbonyl (C=O) groups excluding carboxylic acids is 2. The van der Waals surface area contributed by atoms with Crippen LogP contribution in [-0.4, -0.2) is 58.6 Å². The van der Waals surface area contributed by atoms with E-state index in [0.717, 1.165) is 34.4 Å². The number of carbonyl (C=O) groups is 2. The van der Waals surface area contributed by atoms with Gasteiger partial charge in [-0.1, -0.05) is 61.4 Å². The van der Waals surface area contributed by atoms with Crippen molar-refractivity contribution in [1.29, 1.82) is 0 Å². The Labute approximate surface area is 210 Å². The summed E-state index contributed by atoms with van der Waals surface area (Å²) in [5, 5.41) is 3.83. The fourth-order valence-corrected chi connectivity index (χ4v) is 6.88. The highest BCUT2D eigenvalue weighted by molar-refractivity contribution is 8.05. The largest absolute Gasteiger partial charge is 0.497 e. The molecule has 0 aromatic heterocycles. The molecule has 2 amide bonds. The molecule has 5 nitrogen and oxygen atoms in total. The Morgan fingerprint density at radius 1 is 1.21 bits per heavy atom. The summed E-state index contributed by atoms with van der Waals surface area (Å²) in [7, 11) is 1.63. The van der Waals surface area contributed by atoms with E-state index in [0.29, 0.717) is 11.4 Å². The van der Waals surface area contributed by atoms with Crippen LogP contribution in [0.15, 0.2) is 53.5 Å². The zero-order valence-electron chi connectivity index (χ0n) is 19.7. The fourth-order valence-electron chi connectivity index (χ4n) is 4.38. The van der Waals surface area contributed by atoms with Crippen LogP contribution in [0.5, 0.6) is 5.75 Å². The van der Waals surface area contributed by atoms with E-state index in [-0.39, 0.29) is 23.6 Å². The number of hydrogen-bond donors (Lipinski definition) is 1. The number of hydrogen-bond acceptors (Lipinski definition) is 5. The third-order valence-electron chi connectivity index (χ3n) is 6.24. The lowest BCUT2D eigenvalue weighted by molar-refractivity contribution is -0.434. The van der Waals surface area contributed by atoms with Gasteiger partial charge in [0.05, 0.1) is 7.11 Å². The molecular formula is C27H33N2O3S2+. The molecule has 1 aliphatic heterocycles. The molecule has 1 fully saturated rings. The zero-order valence-corrected chi connectivity index (χ0v) is 21.3. The average molecular weight is 498 g/mol. The van der Waals surface area contributed by atoms with Gasteiger partial charge < -0.3 is 10.1 Å². The first kappa shape index (κ1) is 24.9. The molecule has 1 aromatic rings. The van der Waals surface area contributed by atoms with E-state index in [1.807, 2.05) is 60.3 Å². The highest BCUT2D eigenvalue weighted by atomic mass is 32.2. The number of nitrogens with zero attached hydrogens (tertiary/aromatic N) is 1. The van der Waals surface area contributed by atoms with Crippen LogP contribution < -0.4 is 10.1 Å². The van der Waals surface area contributed by atoms with Crippen LogP contribution in [0.25, 0.3) is 6.08 Å². The van der Waals surface area contributed by atoms with Crippen LogP contribution >= 0.6 is 23.5 Å². The van der Waals surface area contributed by atoms with E-state index < -0.39 is 0 Å². The van der Waals surface area contributed by atoms with E-state index in [1.54, 1.807) is 11.7 Å². The number of methoxy groups -OCH3 is 1. The summed E-state index contributed by atoms with van der Waals surface area (Å²) in [5.74, 6) is 1.61. The number of benzene rings is 1. The number of amides is 2. The Balaban J connectivity index is 1.36. The molecule has 1 unspecified atom stereocenters. The van der Waals surface area contributed by atoms with Gasteiger partial charge in [0.25, 0.3) is 5.91 Å². The lowest BCUT2D eigenvalue weighted by atomic mass is 10.0. The van der Waals surface area contributed by atoms with Crippen molar-refractivity contribution in [3.8, 4) is 5.75 Å². The molecule has 0 saturated heterocycles.